The molecule has 0 radical (unpaired) electrons. The third-order valence-electron chi connectivity index (χ3n) is 5.25. The topological polar surface area (TPSA) is 64.2 Å². The highest BCUT2D eigenvalue weighted by atomic mass is 16.5. The Morgan fingerprint density at radius 2 is 1.63 bits per heavy atom. The molecule has 1 heterocycles. The number of hydrogen-bond donors (Lipinski definition) is 1. The minimum Gasteiger partial charge on any atom is -0.465 e. The van der Waals surface area contributed by atoms with Crippen molar-refractivity contribution in [3.63, 3.8) is 0 Å². The zero-order chi connectivity index (χ0) is 20.9. The Labute approximate surface area is 175 Å². The monoisotopic (exact) mass is 400 g/mol. The largest absolute Gasteiger partial charge is 0.465 e. The van der Waals surface area contributed by atoms with E-state index in [4.69, 9.17) is 14.5 Å². The summed E-state index contributed by atoms with van der Waals surface area (Å²) in [6.07, 6.45) is 1.29. The van der Waals surface area contributed by atoms with E-state index < -0.39 is 6.10 Å². The zero-order valence-corrected chi connectivity index (χ0v) is 17.1. The Kier molecular flexibility index (Phi) is 5.91. The van der Waals surface area contributed by atoms with Crippen LogP contribution in [0.5, 0.6) is 0 Å². The molecule has 0 aliphatic rings. The number of aryl methyl sites for hydroxylation is 2. The van der Waals surface area contributed by atoms with Gasteiger partial charge in [-0.3, -0.25) is 0 Å². The Morgan fingerprint density at radius 1 is 0.900 bits per heavy atom. The van der Waals surface area contributed by atoms with Gasteiger partial charge >= 0.3 is 5.97 Å². The molecule has 4 aromatic rings. The maximum absolute atomic E-state index is 12.3. The lowest BCUT2D eigenvalue weighted by Crippen LogP contribution is -2.12. The molecule has 152 valence electrons. The molecule has 5 heteroatoms. The molecule has 1 aromatic heterocycles. The highest BCUT2D eigenvalue weighted by Gasteiger charge is 2.23. The Bertz CT molecular complexity index is 1150. The number of nitrogens with one attached hydrogen (secondary N) is 1. The van der Waals surface area contributed by atoms with Crippen molar-refractivity contribution in [1.82, 2.24) is 9.97 Å². The molecule has 30 heavy (non-hydrogen) atoms. The van der Waals surface area contributed by atoms with Crippen molar-refractivity contribution >= 4 is 17.0 Å². The molecule has 5 nitrogen and oxygen atoms in total. The predicted molar refractivity (Wildman–Crippen MR) is 117 cm³/mol. The summed E-state index contributed by atoms with van der Waals surface area (Å²) in [5.74, 6) is 0.544. The number of benzene rings is 3. The van der Waals surface area contributed by atoms with Gasteiger partial charge < -0.3 is 14.5 Å². The number of aromatic amines is 1. The summed E-state index contributed by atoms with van der Waals surface area (Å²) in [5.41, 5.74) is 5.24. The van der Waals surface area contributed by atoms with Gasteiger partial charge in [0, 0.05) is 19.1 Å². The van der Waals surface area contributed by atoms with Crippen LogP contribution in [0, 0.1) is 0 Å². The average molecular weight is 400 g/mol. The molecule has 0 saturated heterocycles. The van der Waals surface area contributed by atoms with Crippen LogP contribution in [-0.2, 0) is 22.3 Å². The second-order valence-corrected chi connectivity index (χ2v) is 7.11. The second-order valence-electron chi connectivity index (χ2n) is 7.11. The molecule has 3 aromatic carbocycles. The summed E-state index contributed by atoms with van der Waals surface area (Å²) in [4.78, 5) is 20.6. The molecule has 0 aliphatic heterocycles. The van der Waals surface area contributed by atoms with E-state index in [0.717, 1.165) is 40.8 Å². The van der Waals surface area contributed by atoms with Crippen molar-refractivity contribution < 1.29 is 14.3 Å². The minimum absolute atomic E-state index is 0.384. The SMILES string of the molecule is COC(=O)c1ccccc1C(OC)c1cccc2[nH]c(CCc3ccccc3)nc12. The molecule has 1 unspecified atom stereocenters. The van der Waals surface area contributed by atoms with Gasteiger partial charge in [0.2, 0.25) is 0 Å². The maximum atomic E-state index is 12.3. The van der Waals surface area contributed by atoms with E-state index >= 15 is 0 Å². The van der Waals surface area contributed by atoms with Crippen LogP contribution in [-0.4, -0.2) is 30.2 Å². The average Bonchev–Trinajstić information content (AvgIpc) is 3.23. The zero-order valence-electron chi connectivity index (χ0n) is 17.1. The van der Waals surface area contributed by atoms with E-state index in [0.29, 0.717) is 5.56 Å². The van der Waals surface area contributed by atoms with E-state index in [1.807, 2.05) is 54.6 Å². The van der Waals surface area contributed by atoms with Crippen LogP contribution in [0.2, 0.25) is 0 Å². The molecule has 1 atom stereocenters. The third-order valence-corrected chi connectivity index (χ3v) is 5.25. The fraction of sp³-hybridized carbons (Fsp3) is 0.200. The fourth-order valence-electron chi connectivity index (χ4n) is 3.79. The van der Waals surface area contributed by atoms with Crippen molar-refractivity contribution in [2.75, 3.05) is 14.2 Å². The molecule has 0 saturated carbocycles. The number of esters is 1. The number of rotatable bonds is 7. The van der Waals surface area contributed by atoms with Crippen molar-refractivity contribution in [1.29, 1.82) is 0 Å². The predicted octanol–water partition coefficient (Wildman–Crippen LogP) is 4.87. The third kappa shape index (κ3) is 3.98. The summed E-state index contributed by atoms with van der Waals surface area (Å²) >= 11 is 0. The van der Waals surface area contributed by atoms with Crippen LogP contribution < -0.4 is 0 Å². The van der Waals surface area contributed by atoms with Gasteiger partial charge in [-0.05, 0) is 29.7 Å². The summed E-state index contributed by atoms with van der Waals surface area (Å²) in [6, 6.07) is 23.7. The van der Waals surface area contributed by atoms with Gasteiger partial charge in [-0.2, -0.15) is 0 Å². The second kappa shape index (κ2) is 8.93. The Hall–Kier alpha value is -3.44. The van der Waals surface area contributed by atoms with Crippen molar-refractivity contribution in [2.45, 2.75) is 18.9 Å². The first-order valence-electron chi connectivity index (χ1n) is 9.92. The quantitative estimate of drug-likeness (QED) is 0.450. The van der Waals surface area contributed by atoms with Gasteiger partial charge in [-0.1, -0.05) is 60.7 Å². The number of carbonyl (C=O) groups excluding carboxylic acids is 1. The van der Waals surface area contributed by atoms with Crippen LogP contribution in [0.3, 0.4) is 0 Å². The Balaban J connectivity index is 1.70. The summed E-state index contributed by atoms with van der Waals surface area (Å²) < 4.78 is 10.8. The van der Waals surface area contributed by atoms with Gasteiger partial charge in [0.25, 0.3) is 0 Å². The highest BCUT2D eigenvalue weighted by molar-refractivity contribution is 5.91. The molecular weight excluding hydrogens is 376 g/mol. The van der Waals surface area contributed by atoms with Gasteiger partial charge in [0.15, 0.2) is 0 Å². The molecule has 0 bridgehead atoms. The number of para-hydroxylation sites is 1. The Morgan fingerprint density at radius 3 is 2.40 bits per heavy atom. The van der Waals surface area contributed by atoms with E-state index in [1.54, 1.807) is 13.2 Å². The number of carbonyl (C=O) groups is 1. The molecular formula is C25H24N2O3. The molecule has 0 spiro atoms. The van der Waals surface area contributed by atoms with Crippen LogP contribution in [0.4, 0.5) is 0 Å². The van der Waals surface area contributed by atoms with Gasteiger partial charge in [-0.15, -0.1) is 0 Å². The van der Waals surface area contributed by atoms with Gasteiger partial charge in [0.1, 0.15) is 11.9 Å². The normalized spacial score (nSPS) is 12.1. The fourth-order valence-corrected chi connectivity index (χ4v) is 3.79. The summed E-state index contributed by atoms with van der Waals surface area (Å²) in [5, 5.41) is 0. The highest BCUT2D eigenvalue weighted by Crippen LogP contribution is 2.32. The summed E-state index contributed by atoms with van der Waals surface area (Å²) in [7, 11) is 3.02. The number of H-pyrrole nitrogens is 1. The number of nitrogens with zero attached hydrogens (tertiary/aromatic N) is 1. The molecule has 0 fully saturated rings. The van der Waals surface area contributed by atoms with E-state index in [9.17, 15) is 4.79 Å². The van der Waals surface area contributed by atoms with Crippen LogP contribution in [0.25, 0.3) is 11.0 Å². The number of fused-ring (bicyclic) bond motifs is 1. The van der Waals surface area contributed by atoms with Crippen molar-refractivity contribution in [3.8, 4) is 0 Å². The van der Waals surface area contributed by atoms with E-state index in [-0.39, 0.29) is 5.97 Å². The van der Waals surface area contributed by atoms with E-state index in [2.05, 4.69) is 17.1 Å². The number of hydrogen-bond acceptors (Lipinski definition) is 4. The van der Waals surface area contributed by atoms with Gasteiger partial charge in [-0.25, -0.2) is 9.78 Å². The lowest BCUT2D eigenvalue weighted by molar-refractivity contribution is 0.0592. The molecule has 4 rings (SSSR count). The number of methoxy groups -OCH3 is 2. The van der Waals surface area contributed by atoms with Crippen LogP contribution in [0.1, 0.15) is 39.0 Å². The van der Waals surface area contributed by atoms with E-state index in [1.165, 1.54) is 12.7 Å². The molecule has 0 aliphatic carbocycles. The number of ether oxygens (including phenoxy) is 2. The summed E-state index contributed by atoms with van der Waals surface area (Å²) in [6.45, 7) is 0. The molecule has 0 amide bonds. The maximum Gasteiger partial charge on any atom is 0.338 e. The van der Waals surface area contributed by atoms with Crippen molar-refractivity contribution in [3.05, 3.63) is 101 Å². The van der Waals surface area contributed by atoms with Gasteiger partial charge in [0.05, 0.1) is 23.7 Å². The standard InChI is InChI=1S/C25H24N2O3/c1-29-24(18-11-6-7-12-19(18)25(28)30-2)20-13-8-14-21-23(20)27-22(26-21)16-15-17-9-4-3-5-10-17/h3-14,24H,15-16H2,1-2H3,(H,26,27). The van der Waals surface area contributed by atoms with Crippen molar-refractivity contribution in [2.24, 2.45) is 0 Å². The lowest BCUT2D eigenvalue weighted by atomic mass is 9.95. The minimum atomic E-state index is -0.436. The molecule has 1 N–H and O–H groups in total. The first-order valence-corrected chi connectivity index (χ1v) is 9.92. The smallest absolute Gasteiger partial charge is 0.338 e. The number of aromatic nitrogens is 2. The number of imidazole rings is 1. The first-order chi connectivity index (χ1) is 14.7. The van der Waals surface area contributed by atoms with Crippen LogP contribution >= 0.6 is 0 Å². The lowest BCUT2D eigenvalue weighted by Gasteiger charge is -2.19. The first kappa shape index (κ1) is 19.9. The van der Waals surface area contributed by atoms with Crippen LogP contribution in [0.15, 0.2) is 72.8 Å².